The lowest BCUT2D eigenvalue weighted by Gasteiger charge is -2.38. The number of carboxylic acids is 1. The molecular formula is C11H19NO4. The van der Waals surface area contributed by atoms with E-state index in [1.807, 2.05) is 0 Å². The number of β-amino-alcohol motifs (C(OH)–C–C–N with tert-alkyl or cyclic N) is 1. The number of nitrogens with zero attached hydrogens (tertiary/aromatic N) is 1. The molecule has 0 radical (unpaired) electrons. The van der Waals surface area contributed by atoms with Crippen LogP contribution in [0.3, 0.4) is 0 Å². The predicted octanol–water partition coefficient (Wildman–Crippen LogP) is 0.471. The summed E-state index contributed by atoms with van der Waals surface area (Å²) < 4.78 is 0. The molecule has 0 bridgehead atoms. The highest BCUT2D eigenvalue weighted by Crippen LogP contribution is 2.32. The zero-order valence-corrected chi connectivity index (χ0v) is 9.77. The Morgan fingerprint density at radius 2 is 1.81 bits per heavy atom. The molecular weight excluding hydrogens is 210 g/mol. The van der Waals surface area contributed by atoms with Crippen LogP contribution in [0.5, 0.6) is 0 Å². The van der Waals surface area contributed by atoms with Crippen LogP contribution in [0.25, 0.3) is 0 Å². The molecule has 0 spiro atoms. The maximum absolute atomic E-state index is 11.8. The number of likely N-dealkylation sites (tertiary alicyclic amines) is 1. The lowest BCUT2D eigenvalue weighted by atomic mass is 9.78. The molecule has 1 heterocycles. The number of hydrogen-bond acceptors (Lipinski definition) is 3. The van der Waals surface area contributed by atoms with Crippen LogP contribution in [0.1, 0.15) is 33.1 Å². The van der Waals surface area contributed by atoms with Gasteiger partial charge in [-0.3, -0.25) is 9.59 Å². The summed E-state index contributed by atoms with van der Waals surface area (Å²) in [5.74, 6) is -1.08. The second kappa shape index (κ2) is 4.82. The van der Waals surface area contributed by atoms with E-state index in [0.717, 1.165) is 0 Å². The molecule has 0 aromatic carbocycles. The van der Waals surface area contributed by atoms with Gasteiger partial charge in [0.2, 0.25) is 5.91 Å². The van der Waals surface area contributed by atoms with Crippen molar-refractivity contribution in [3.63, 3.8) is 0 Å². The minimum absolute atomic E-state index is 0.0298. The molecule has 0 aromatic rings. The van der Waals surface area contributed by atoms with Crippen LogP contribution >= 0.6 is 0 Å². The molecule has 0 aliphatic carbocycles. The molecule has 1 rings (SSSR count). The van der Waals surface area contributed by atoms with Gasteiger partial charge in [-0.25, -0.2) is 0 Å². The standard InChI is InChI=1S/C11H19NO4/c1-3-11(4-2,10(15)16)5-9(14)12-6-8(13)7-12/h8,13H,3-7H2,1-2H3,(H,15,16). The van der Waals surface area contributed by atoms with Crippen molar-refractivity contribution in [2.45, 2.75) is 39.2 Å². The van der Waals surface area contributed by atoms with Gasteiger partial charge >= 0.3 is 5.97 Å². The van der Waals surface area contributed by atoms with Crippen molar-refractivity contribution in [3.8, 4) is 0 Å². The van der Waals surface area contributed by atoms with E-state index in [9.17, 15) is 14.7 Å². The summed E-state index contributed by atoms with van der Waals surface area (Å²) in [6, 6.07) is 0. The van der Waals surface area contributed by atoms with Gasteiger partial charge in [0.1, 0.15) is 0 Å². The highest BCUT2D eigenvalue weighted by Gasteiger charge is 2.40. The first-order valence-corrected chi connectivity index (χ1v) is 5.64. The first kappa shape index (κ1) is 13.0. The maximum Gasteiger partial charge on any atom is 0.310 e. The van der Waals surface area contributed by atoms with E-state index in [1.54, 1.807) is 13.8 Å². The summed E-state index contributed by atoms with van der Waals surface area (Å²) in [6.45, 7) is 4.25. The van der Waals surface area contributed by atoms with Crippen LogP contribution in [0.4, 0.5) is 0 Å². The number of aliphatic hydroxyl groups is 1. The van der Waals surface area contributed by atoms with E-state index in [2.05, 4.69) is 0 Å². The minimum Gasteiger partial charge on any atom is -0.481 e. The first-order valence-electron chi connectivity index (χ1n) is 5.64. The van der Waals surface area contributed by atoms with Crippen molar-refractivity contribution < 1.29 is 19.8 Å². The quantitative estimate of drug-likeness (QED) is 0.718. The van der Waals surface area contributed by atoms with Gasteiger partial charge in [0.25, 0.3) is 0 Å². The summed E-state index contributed by atoms with van der Waals surface area (Å²) in [5, 5.41) is 18.3. The highest BCUT2D eigenvalue weighted by molar-refractivity contribution is 5.85. The molecule has 1 aliphatic heterocycles. The van der Waals surface area contributed by atoms with Crippen LogP contribution in [-0.4, -0.2) is 46.2 Å². The molecule has 5 nitrogen and oxygen atoms in total. The van der Waals surface area contributed by atoms with Crippen LogP contribution in [0.15, 0.2) is 0 Å². The van der Waals surface area contributed by atoms with Gasteiger partial charge in [-0.2, -0.15) is 0 Å². The fraction of sp³-hybridized carbons (Fsp3) is 0.818. The van der Waals surface area contributed by atoms with Gasteiger partial charge in [-0.15, -0.1) is 0 Å². The van der Waals surface area contributed by atoms with Crippen molar-refractivity contribution in [2.75, 3.05) is 13.1 Å². The van der Waals surface area contributed by atoms with Crippen LogP contribution in [-0.2, 0) is 9.59 Å². The Balaban J connectivity index is 2.61. The van der Waals surface area contributed by atoms with Crippen molar-refractivity contribution in [1.29, 1.82) is 0 Å². The summed E-state index contributed by atoms with van der Waals surface area (Å²) in [5.41, 5.74) is -0.947. The van der Waals surface area contributed by atoms with E-state index >= 15 is 0 Å². The Hall–Kier alpha value is -1.10. The number of aliphatic hydroxyl groups excluding tert-OH is 1. The normalized spacial score (nSPS) is 17.1. The van der Waals surface area contributed by atoms with Gasteiger partial charge in [0.15, 0.2) is 0 Å². The number of hydrogen-bond donors (Lipinski definition) is 2. The lowest BCUT2D eigenvalue weighted by Crippen LogP contribution is -2.54. The Kier molecular flexibility index (Phi) is 3.91. The zero-order valence-electron chi connectivity index (χ0n) is 9.77. The summed E-state index contributed by atoms with van der Waals surface area (Å²) >= 11 is 0. The van der Waals surface area contributed by atoms with E-state index in [0.29, 0.717) is 25.9 Å². The third-order valence-corrected chi connectivity index (χ3v) is 3.51. The van der Waals surface area contributed by atoms with Crippen LogP contribution in [0.2, 0.25) is 0 Å². The molecule has 5 heteroatoms. The topological polar surface area (TPSA) is 77.8 Å². The largest absolute Gasteiger partial charge is 0.481 e. The smallest absolute Gasteiger partial charge is 0.310 e. The minimum atomic E-state index is -0.947. The maximum atomic E-state index is 11.8. The van der Waals surface area contributed by atoms with Gasteiger partial charge in [0.05, 0.1) is 11.5 Å². The highest BCUT2D eigenvalue weighted by atomic mass is 16.4. The number of aliphatic carboxylic acids is 1. The Bertz CT molecular complexity index is 280. The van der Waals surface area contributed by atoms with Crippen molar-refractivity contribution >= 4 is 11.9 Å². The molecule has 1 saturated heterocycles. The van der Waals surface area contributed by atoms with E-state index in [-0.39, 0.29) is 12.3 Å². The summed E-state index contributed by atoms with van der Waals surface area (Å²) in [7, 11) is 0. The monoisotopic (exact) mass is 229 g/mol. The number of amides is 1. The average Bonchev–Trinajstić information content (AvgIpc) is 2.20. The molecule has 2 N–H and O–H groups in total. The molecule has 1 amide bonds. The summed E-state index contributed by atoms with van der Waals surface area (Å²) in [4.78, 5) is 24.5. The third kappa shape index (κ3) is 2.35. The molecule has 92 valence electrons. The van der Waals surface area contributed by atoms with Crippen molar-refractivity contribution in [1.82, 2.24) is 4.90 Å². The molecule has 0 saturated carbocycles. The molecule has 1 aliphatic rings. The SMILES string of the molecule is CCC(CC)(CC(=O)N1CC(O)C1)C(=O)O. The fourth-order valence-corrected chi connectivity index (χ4v) is 1.94. The zero-order chi connectivity index (χ0) is 12.3. The fourth-order valence-electron chi connectivity index (χ4n) is 1.94. The van der Waals surface area contributed by atoms with E-state index in [4.69, 9.17) is 5.11 Å². The Labute approximate surface area is 95.1 Å². The summed E-state index contributed by atoms with van der Waals surface area (Å²) in [6.07, 6.45) is 0.482. The van der Waals surface area contributed by atoms with E-state index < -0.39 is 17.5 Å². The number of rotatable bonds is 5. The molecule has 0 aromatic heterocycles. The number of carbonyl (C=O) groups excluding carboxylic acids is 1. The Morgan fingerprint density at radius 3 is 2.12 bits per heavy atom. The number of carboxylic acid groups (broad SMARTS) is 1. The average molecular weight is 229 g/mol. The molecule has 0 unspecified atom stereocenters. The Morgan fingerprint density at radius 1 is 1.31 bits per heavy atom. The first-order chi connectivity index (χ1) is 7.45. The van der Waals surface area contributed by atoms with Gasteiger partial charge in [-0.05, 0) is 12.8 Å². The second-order valence-electron chi connectivity index (χ2n) is 4.42. The lowest BCUT2D eigenvalue weighted by molar-refractivity contribution is -0.157. The third-order valence-electron chi connectivity index (χ3n) is 3.51. The second-order valence-corrected chi connectivity index (χ2v) is 4.42. The molecule has 16 heavy (non-hydrogen) atoms. The van der Waals surface area contributed by atoms with Gasteiger partial charge in [-0.1, -0.05) is 13.8 Å². The molecule has 1 fully saturated rings. The van der Waals surface area contributed by atoms with Crippen molar-refractivity contribution in [3.05, 3.63) is 0 Å². The predicted molar refractivity (Wildman–Crippen MR) is 57.9 cm³/mol. The number of carbonyl (C=O) groups is 2. The van der Waals surface area contributed by atoms with Crippen LogP contribution in [0, 0.1) is 5.41 Å². The van der Waals surface area contributed by atoms with Gasteiger partial charge in [0, 0.05) is 19.5 Å². The van der Waals surface area contributed by atoms with Gasteiger partial charge < -0.3 is 15.1 Å². The van der Waals surface area contributed by atoms with E-state index in [1.165, 1.54) is 4.90 Å². The van der Waals surface area contributed by atoms with Crippen molar-refractivity contribution in [2.24, 2.45) is 5.41 Å². The molecule has 0 atom stereocenters. The van der Waals surface area contributed by atoms with Crippen LogP contribution < -0.4 is 0 Å².